The van der Waals surface area contributed by atoms with Gasteiger partial charge in [-0.15, -0.1) is 0 Å². The van der Waals surface area contributed by atoms with Crippen LogP contribution in [0.25, 0.3) is 0 Å². The van der Waals surface area contributed by atoms with Crippen LogP contribution in [-0.4, -0.2) is 273 Å². The molecule has 0 radical (unpaired) electrons. The van der Waals surface area contributed by atoms with Gasteiger partial charge in [-0.2, -0.15) is 0 Å². The van der Waals surface area contributed by atoms with E-state index < -0.39 is 5.97 Å². The van der Waals surface area contributed by atoms with Gasteiger partial charge in [-0.1, -0.05) is 0 Å². The maximum atomic E-state index is 10.4. The van der Waals surface area contributed by atoms with Crippen molar-refractivity contribution in [3.05, 3.63) is 0 Å². The Kier molecular flexibility index (Phi) is 57.4. The van der Waals surface area contributed by atoms with Crippen LogP contribution in [0.15, 0.2) is 0 Å². The minimum Gasteiger partial charge on any atom is -0.480 e. The molecule has 0 aliphatic heterocycles. The fraction of sp³-hybridized carbons (Fsp3) is 0.976. The molecule has 22 nitrogen and oxygen atoms in total. The van der Waals surface area contributed by atoms with Gasteiger partial charge in [-0.05, 0) is 7.05 Å². The maximum absolute atomic E-state index is 10.4. The molecule has 0 aliphatic rings. The fourth-order valence-corrected chi connectivity index (χ4v) is 5.84. The van der Waals surface area contributed by atoms with E-state index in [1.807, 2.05) is 7.05 Å². The first-order valence-corrected chi connectivity index (χ1v) is 24.6. The lowest BCUT2D eigenvalue weighted by Crippen LogP contribution is -2.39. The van der Waals surface area contributed by atoms with Crippen LogP contribution in [-0.2, 0) is 4.79 Å². The lowest BCUT2D eigenvalue weighted by molar-refractivity contribution is -0.135. The van der Waals surface area contributed by atoms with Gasteiger partial charge in [0, 0.05) is 249 Å². The highest BCUT2D eigenvalue weighted by atomic mass is 16.4. The Hall–Kier alpha value is -1.33. The summed E-state index contributed by atoms with van der Waals surface area (Å²) in [6.07, 6.45) is 0. The molecular weight excluding hydrogens is 805 g/mol. The van der Waals surface area contributed by atoms with Crippen molar-refractivity contribution in [2.45, 2.75) is 0 Å². The van der Waals surface area contributed by atoms with Crippen LogP contribution >= 0.6 is 0 Å². The van der Waals surface area contributed by atoms with Crippen LogP contribution in [0.1, 0.15) is 0 Å². The Bertz CT molecular complexity index is 847. The molecule has 21 N–H and O–H groups in total. The summed E-state index contributed by atoms with van der Waals surface area (Å²) in [5, 5.41) is 76.8. The van der Waals surface area contributed by atoms with Crippen molar-refractivity contribution < 1.29 is 9.90 Å². The van der Waals surface area contributed by atoms with Crippen LogP contribution in [0.2, 0.25) is 0 Å². The third-order valence-electron chi connectivity index (χ3n) is 9.44. The number of nitrogens with one attached hydrogen (secondary N) is 20. The van der Waals surface area contributed by atoms with Crippen LogP contribution in [0.4, 0.5) is 0 Å². The van der Waals surface area contributed by atoms with Crippen LogP contribution in [0.5, 0.6) is 0 Å². The van der Waals surface area contributed by atoms with E-state index in [4.69, 9.17) is 5.11 Å². The molecule has 0 amide bonds. The standard InChI is InChI=1S/C41H102N20O2/c1-42-2-3-43-4-5-44-6-7-45-8-9-46-10-11-47-12-13-48-14-15-49-16-17-50-18-19-51-20-21-52-22-23-53-24-25-54-26-27-55-28-29-56-30-31-57-32-33-58-34-35-59-36-37-60-38-39-61-40-41(62)63/h42-61H,2-40H2,1H3,(H,62,63). The molecule has 0 aromatic rings. The summed E-state index contributed by atoms with van der Waals surface area (Å²) >= 11 is 0. The van der Waals surface area contributed by atoms with E-state index in [-0.39, 0.29) is 6.54 Å². The number of rotatable bonds is 59. The summed E-state index contributed by atoms with van der Waals surface area (Å²) in [7, 11) is 1.98. The second kappa shape index (κ2) is 58.7. The lowest BCUT2D eigenvalue weighted by Gasteiger charge is -2.10. The summed E-state index contributed by atoms with van der Waals surface area (Å²) < 4.78 is 0. The summed E-state index contributed by atoms with van der Waals surface area (Å²) in [4.78, 5) is 10.4. The van der Waals surface area contributed by atoms with Crippen molar-refractivity contribution in [3.63, 3.8) is 0 Å². The Morgan fingerprint density at radius 2 is 0.333 bits per heavy atom. The molecule has 0 atom stereocenters. The molecule has 378 valence electrons. The average molecular weight is 907 g/mol. The summed E-state index contributed by atoms with van der Waals surface area (Å²) in [6.45, 7) is 36.8. The molecule has 0 heterocycles. The molecule has 0 rings (SSSR count). The lowest BCUT2D eigenvalue weighted by atomic mass is 10.5. The molecule has 0 spiro atoms. The van der Waals surface area contributed by atoms with Crippen molar-refractivity contribution in [1.29, 1.82) is 0 Å². The van der Waals surface area contributed by atoms with Gasteiger partial charge >= 0.3 is 5.97 Å². The second-order valence-electron chi connectivity index (χ2n) is 15.2. The number of carbonyl (C=O) groups is 1. The Balaban J connectivity index is 3.07. The fourth-order valence-electron chi connectivity index (χ4n) is 5.84. The van der Waals surface area contributed by atoms with Crippen LogP contribution in [0, 0.1) is 0 Å². The van der Waals surface area contributed by atoms with Crippen molar-refractivity contribution in [1.82, 2.24) is 106 Å². The molecule has 0 saturated heterocycles. The normalized spacial score (nSPS) is 11.6. The quantitative estimate of drug-likeness (QED) is 0.0253. The van der Waals surface area contributed by atoms with E-state index in [9.17, 15) is 4.79 Å². The van der Waals surface area contributed by atoms with Gasteiger partial charge in [-0.3, -0.25) is 4.79 Å². The molecule has 0 unspecified atom stereocenters. The molecule has 22 heteroatoms. The zero-order valence-electron chi connectivity index (χ0n) is 39.9. The number of hydrogen-bond donors (Lipinski definition) is 21. The minimum atomic E-state index is -0.823. The van der Waals surface area contributed by atoms with E-state index in [0.29, 0.717) is 6.54 Å². The first kappa shape index (κ1) is 61.7. The summed E-state index contributed by atoms with van der Waals surface area (Å²) in [5.74, 6) is -0.823. The average Bonchev–Trinajstić information content (AvgIpc) is 3.28. The van der Waals surface area contributed by atoms with Crippen LogP contribution in [0.3, 0.4) is 0 Å². The first-order chi connectivity index (χ1) is 31.3. The van der Waals surface area contributed by atoms with Gasteiger partial charge in [-0.25, -0.2) is 0 Å². The smallest absolute Gasteiger partial charge is 0.317 e. The summed E-state index contributed by atoms with van der Waals surface area (Å²) in [5.41, 5.74) is 0. The number of carboxylic acid groups (broad SMARTS) is 1. The molecule has 0 aliphatic carbocycles. The van der Waals surface area contributed by atoms with Gasteiger partial charge in [0.25, 0.3) is 0 Å². The van der Waals surface area contributed by atoms with Crippen LogP contribution < -0.4 is 106 Å². The molecular formula is C41H102N20O2. The van der Waals surface area contributed by atoms with Gasteiger partial charge in [0.1, 0.15) is 0 Å². The predicted molar refractivity (Wildman–Crippen MR) is 266 cm³/mol. The van der Waals surface area contributed by atoms with E-state index >= 15 is 0 Å². The van der Waals surface area contributed by atoms with E-state index in [2.05, 4.69) is 106 Å². The highest BCUT2D eigenvalue weighted by Crippen LogP contribution is 1.70. The zero-order chi connectivity index (χ0) is 45.3. The van der Waals surface area contributed by atoms with Crippen molar-refractivity contribution in [2.75, 3.05) is 262 Å². The Morgan fingerprint density at radius 3 is 0.444 bits per heavy atom. The first-order valence-electron chi connectivity index (χ1n) is 24.6. The van der Waals surface area contributed by atoms with Gasteiger partial charge in [0.15, 0.2) is 0 Å². The van der Waals surface area contributed by atoms with Crippen molar-refractivity contribution >= 4 is 5.97 Å². The molecule has 0 aromatic heterocycles. The molecule has 63 heavy (non-hydrogen) atoms. The summed E-state index contributed by atoms with van der Waals surface area (Å²) in [6, 6.07) is 0. The van der Waals surface area contributed by atoms with E-state index in [1.165, 1.54) is 0 Å². The zero-order valence-corrected chi connectivity index (χ0v) is 39.9. The van der Waals surface area contributed by atoms with Crippen molar-refractivity contribution in [2.24, 2.45) is 0 Å². The van der Waals surface area contributed by atoms with E-state index in [1.54, 1.807) is 0 Å². The van der Waals surface area contributed by atoms with Gasteiger partial charge in [0.2, 0.25) is 0 Å². The van der Waals surface area contributed by atoms with Crippen molar-refractivity contribution in [3.8, 4) is 0 Å². The third-order valence-corrected chi connectivity index (χ3v) is 9.44. The Morgan fingerprint density at radius 1 is 0.222 bits per heavy atom. The van der Waals surface area contributed by atoms with Gasteiger partial charge in [0.05, 0.1) is 6.54 Å². The topological polar surface area (TPSA) is 278 Å². The monoisotopic (exact) mass is 907 g/mol. The SMILES string of the molecule is CNCCNCCNCCNCCNCCNCCNCCNCCNCCNCCNCCNCCNCCNCCNCCNCCNCCNCCNCCNCC(=O)O. The number of aliphatic carboxylic acids is 1. The predicted octanol–water partition coefficient (Wildman–Crippen LogP) is -8.51. The molecule has 0 bridgehead atoms. The van der Waals surface area contributed by atoms with E-state index in [0.717, 1.165) is 242 Å². The number of likely N-dealkylation sites (N-methyl/N-ethyl adjacent to an activating group) is 1. The highest BCUT2D eigenvalue weighted by Gasteiger charge is 1.97. The highest BCUT2D eigenvalue weighted by molar-refractivity contribution is 5.68. The second-order valence-corrected chi connectivity index (χ2v) is 15.2. The number of hydrogen-bond acceptors (Lipinski definition) is 21. The Labute approximate surface area is 383 Å². The molecule has 0 aromatic carbocycles. The largest absolute Gasteiger partial charge is 0.480 e. The molecule has 0 fully saturated rings. The maximum Gasteiger partial charge on any atom is 0.317 e. The minimum absolute atomic E-state index is 0.0122. The molecule has 0 saturated carbocycles. The van der Waals surface area contributed by atoms with Gasteiger partial charge < -0.3 is 111 Å². The number of carboxylic acids is 1. The third kappa shape index (κ3) is 60.7.